The standard InChI is InChI=1S/C16H23N3O3S/c1-12(20)19-8-6-14-3-4-15(9-16(14)19)23(21,22)18-7-5-13(11-18)10-17-2/h3-4,9,13,17H,5-8,10-11H2,1-2H3/t13-/m0/s1. The molecule has 6 nitrogen and oxygen atoms in total. The third kappa shape index (κ3) is 3.00. The number of benzene rings is 1. The lowest BCUT2D eigenvalue weighted by molar-refractivity contribution is -0.116. The topological polar surface area (TPSA) is 69.7 Å². The van der Waals surface area contributed by atoms with Crippen molar-refractivity contribution in [3.63, 3.8) is 0 Å². The summed E-state index contributed by atoms with van der Waals surface area (Å²) < 4.78 is 27.3. The molecule has 7 heteroatoms. The highest BCUT2D eigenvalue weighted by molar-refractivity contribution is 7.89. The lowest BCUT2D eigenvalue weighted by atomic mass is 10.1. The third-order valence-corrected chi connectivity index (χ3v) is 6.57. The predicted octanol–water partition coefficient (Wildman–Crippen LogP) is 0.826. The first-order valence-electron chi connectivity index (χ1n) is 7.99. The number of carbonyl (C=O) groups is 1. The Kier molecular flexibility index (Phi) is 4.44. The van der Waals surface area contributed by atoms with Gasteiger partial charge in [0.05, 0.1) is 4.90 Å². The zero-order chi connectivity index (χ0) is 16.6. The average Bonchev–Trinajstić information content (AvgIpc) is 3.13. The van der Waals surface area contributed by atoms with E-state index in [0.717, 1.165) is 30.6 Å². The normalized spacial score (nSPS) is 21.7. The van der Waals surface area contributed by atoms with Gasteiger partial charge in [-0.1, -0.05) is 6.07 Å². The summed E-state index contributed by atoms with van der Waals surface area (Å²) in [4.78, 5) is 13.6. The van der Waals surface area contributed by atoms with Crippen LogP contribution in [0.5, 0.6) is 0 Å². The lowest BCUT2D eigenvalue weighted by Gasteiger charge is -2.19. The molecule has 1 N–H and O–H groups in total. The summed E-state index contributed by atoms with van der Waals surface area (Å²) in [5.74, 6) is 0.312. The zero-order valence-corrected chi connectivity index (χ0v) is 14.4. The number of sulfonamides is 1. The largest absolute Gasteiger partial charge is 0.319 e. The van der Waals surface area contributed by atoms with Crippen LogP contribution >= 0.6 is 0 Å². The van der Waals surface area contributed by atoms with Crippen molar-refractivity contribution in [2.45, 2.75) is 24.7 Å². The van der Waals surface area contributed by atoms with Gasteiger partial charge in [-0.3, -0.25) is 4.79 Å². The zero-order valence-electron chi connectivity index (χ0n) is 13.6. The average molecular weight is 337 g/mol. The number of carbonyl (C=O) groups excluding carboxylic acids is 1. The van der Waals surface area contributed by atoms with Crippen LogP contribution in [0.3, 0.4) is 0 Å². The van der Waals surface area contributed by atoms with E-state index in [-0.39, 0.29) is 10.8 Å². The molecule has 23 heavy (non-hydrogen) atoms. The fourth-order valence-corrected chi connectivity index (χ4v) is 5.02. The molecular weight excluding hydrogens is 314 g/mol. The van der Waals surface area contributed by atoms with Gasteiger partial charge in [-0.15, -0.1) is 0 Å². The molecule has 1 aromatic carbocycles. The highest BCUT2D eigenvalue weighted by atomic mass is 32.2. The molecule has 0 unspecified atom stereocenters. The highest BCUT2D eigenvalue weighted by Gasteiger charge is 2.33. The van der Waals surface area contributed by atoms with Gasteiger partial charge < -0.3 is 10.2 Å². The fraction of sp³-hybridized carbons (Fsp3) is 0.562. The summed E-state index contributed by atoms with van der Waals surface area (Å²) in [6, 6.07) is 5.17. The number of hydrogen-bond donors (Lipinski definition) is 1. The molecule has 2 heterocycles. The van der Waals surface area contributed by atoms with Crippen LogP contribution in [0.15, 0.2) is 23.1 Å². The lowest BCUT2D eigenvalue weighted by Crippen LogP contribution is -2.31. The van der Waals surface area contributed by atoms with E-state index in [9.17, 15) is 13.2 Å². The second kappa shape index (κ2) is 6.22. The molecule has 0 aromatic heterocycles. The molecule has 2 aliphatic rings. The Morgan fingerprint density at radius 3 is 2.83 bits per heavy atom. The van der Waals surface area contributed by atoms with E-state index >= 15 is 0 Å². The number of rotatable bonds is 4. The van der Waals surface area contributed by atoms with Gasteiger partial charge in [0.15, 0.2) is 0 Å². The second-order valence-corrected chi connectivity index (χ2v) is 8.22. The Morgan fingerprint density at radius 2 is 2.13 bits per heavy atom. The Labute approximate surface area is 137 Å². The molecule has 0 saturated carbocycles. The van der Waals surface area contributed by atoms with Crippen molar-refractivity contribution < 1.29 is 13.2 Å². The van der Waals surface area contributed by atoms with E-state index in [2.05, 4.69) is 5.32 Å². The van der Waals surface area contributed by atoms with Crippen LogP contribution in [0, 0.1) is 5.92 Å². The number of nitrogens with zero attached hydrogens (tertiary/aromatic N) is 2. The minimum atomic E-state index is -3.49. The Hall–Kier alpha value is -1.44. The van der Waals surface area contributed by atoms with E-state index in [4.69, 9.17) is 0 Å². The molecule has 0 bridgehead atoms. The van der Waals surface area contributed by atoms with Crippen molar-refractivity contribution in [2.75, 3.05) is 38.1 Å². The summed E-state index contributed by atoms with van der Waals surface area (Å²) in [5, 5.41) is 3.11. The SMILES string of the molecule is CNC[C@@H]1CCN(S(=O)(=O)c2ccc3c(c2)N(C(C)=O)CC3)C1. The van der Waals surface area contributed by atoms with Gasteiger partial charge in [0.2, 0.25) is 15.9 Å². The molecule has 1 fully saturated rings. The van der Waals surface area contributed by atoms with Crippen LogP contribution in [0.25, 0.3) is 0 Å². The molecule has 1 aromatic rings. The maximum atomic E-state index is 12.9. The molecule has 3 rings (SSSR count). The molecular formula is C16H23N3O3S. The van der Waals surface area contributed by atoms with Crippen LogP contribution in [-0.2, 0) is 21.2 Å². The summed E-state index contributed by atoms with van der Waals surface area (Å²) in [7, 11) is -1.61. The molecule has 2 aliphatic heterocycles. The summed E-state index contributed by atoms with van der Waals surface area (Å²) >= 11 is 0. The minimum absolute atomic E-state index is 0.0476. The maximum Gasteiger partial charge on any atom is 0.243 e. The second-order valence-electron chi connectivity index (χ2n) is 6.29. The fourth-order valence-electron chi connectivity index (χ4n) is 3.47. The van der Waals surface area contributed by atoms with E-state index in [1.54, 1.807) is 21.3 Å². The first-order valence-corrected chi connectivity index (χ1v) is 9.43. The highest BCUT2D eigenvalue weighted by Crippen LogP contribution is 2.32. The van der Waals surface area contributed by atoms with E-state index in [1.165, 1.54) is 6.92 Å². The smallest absolute Gasteiger partial charge is 0.243 e. The van der Waals surface area contributed by atoms with Crippen molar-refractivity contribution in [1.82, 2.24) is 9.62 Å². The Balaban J connectivity index is 1.87. The number of fused-ring (bicyclic) bond motifs is 1. The van der Waals surface area contributed by atoms with Crippen molar-refractivity contribution in [2.24, 2.45) is 5.92 Å². The Bertz CT molecular complexity index is 717. The predicted molar refractivity (Wildman–Crippen MR) is 89.0 cm³/mol. The van der Waals surface area contributed by atoms with Gasteiger partial charge in [-0.05, 0) is 50.0 Å². The van der Waals surface area contributed by atoms with Crippen LogP contribution in [0.1, 0.15) is 18.9 Å². The quantitative estimate of drug-likeness (QED) is 0.883. The first kappa shape index (κ1) is 16.4. The number of anilines is 1. The minimum Gasteiger partial charge on any atom is -0.319 e. The molecule has 1 atom stereocenters. The van der Waals surface area contributed by atoms with Crippen LogP contribution in [-0.4, -0.2) is 51.9 Å². The molecule has 0 aliphatic carbocycles. The van der Waals surface area contributed by atoms with Crippen molar-refractivity contribution in [1.29, 1.82) is 0 Å². The van der Waals surface area contributed by atoms with Gasteiger partial charge in [0.1, 0.15) is 0 Å². The van der Waals surface area contributed by atoms with Crippen LogP contribution in [0.4, 0.5) is 5.69 Å². The summed E-state index contributed by atoms with van der Waals surface area (Å²) in [6.45, 7) is 4.08. The van der Waals surface area contributed by atoms with Crippen molar-refractivity contribution in [3.05, 3.63) is 23.8 Å². The van der Waals surface area contributed by atoms with Gasteiger partial charge >= 0.3 is 0 Å². The summed E-state index contributed by atoms with van der Waals surface area (Å²) in [6.07, 6.45) is 1.66. The molecule has 0 spiro atoms. The van der Waals surface area contributed by atoms with Crippen LogP contribution < -0.4 is 10.2 Å². The van der Waals surface area contributed by atoms with E-state index < -0.39 is 10.0 Å². The number of amides is 1. The van der Waals surface area contributed by atoms with Gasteiger partial charge in [-0.2, -0.15) is 4.31 Å². The Morgan fingerprint density at radius 1 is 1.35 bits per heavy atom. The van der Waals surface area contributed by atoms with Gasteiger partial charge in [0, 0.05) is 32.2 Å². The summed E-state index contributed by atoms with van der Waals surface area (Å²) in [5.41, 5.74) is 1.78. The third-order valence-electron chi connectivity index (χ3n) is 4.71. The maximum absolute atomic E-state index is 12.9. The van der Waals surface area contributed by atoms with Crippen molar-refractivity contribution >= 4 is 21.6 Å². The van der Waals surface area contributed by atoms with E-state index in [0.29, 0.717) is 25.6 Å². The van der Waals surface area contributed by atoms with Crippen molar-refractivity contribution in [3.8, 4) is 0 Å². The number of hydrogen-bond acceptors (Lipinski definition) is 4. The monoisotopic (exact) mass is 337 g/mol. The first-order chi connectivity index (χ1) is 10.9. The van der Waals surface area contributed by atoms with Crippen LogP contribution in [0.2, 0.25) is 0 Å². The molecule has 1 saturated heterocycles. The molecule has 0 radical (unpaired) electrons. The van der Waals surface area contributed by atoms with Gasteiger partial charge in [-0.25, -0.2) is 8.42 Å². The number of nitrogens with one attached hydrogen (secondary N) is 1. The molecule has 126 valence electrons. The van der Waals surface area contributed by atoms with E-state index in [1.807, 2.05) is 13.1 Å². The molecule has 1 amide bonds. The van der Waals surface area contributed by atoms with Gasteiger partial charge in [0.25, 0.3) is 0 Å².